The molecule has 2 aromatic rings. The lowest BCUT2D eigenvalue weighted by atomic mass is 10.2. The number of benzene rings is 2. The molecular formula is C20H22F4N2O3S. The lowest BCUT2D eigenvalue weighted by Gasteiger charge is -2.15. The summed E-state index contributed by atoms with van der Waals surface area (Å²) in [7, 11) is -1.13. The van der Waals surface area contributed by atoms with Gasteiger partial charge in [-0.2, -0.15) is 8.78 Å². The predicted octanol–water partition coefficient (Wildman–Crippen LogP) is 4.17. The highest BCUT2D eigenvalue weighted by molar-refractivity contribution is 7.84. The molecule has 0 aliphatic heterocycles. The Kier molecular flexibility index (Phi) is 9.25. The molecule has 0 bridgehead atoms. The summed E-state index contributed by atoms with van der Waals surface area (Å²) < 4.78 is 66.6. The van der Waals surface area contributed by atoms with Crippen LogP contribution in [0.4, 0.5) is 28.0 Å². The molecule has 0 saturated heterocycles. The molecule has 0 fully saturated rings. The maximum absolute atomic E-state index is 12.8. The fourth-order valence-corrected chi connectivity index (χ4v) is 3.43. The van der Waals surface area contributed by atoms with E-state index < -0.39 is 35.8 Å². The molecule has 2 amide bonds. The van der Waals surface area contributed by atoms with Crippen molar-refractivity contribution in [3.63, 3.8) is 0 Å². The minimum Gasteiger partial charge on any atom is -0.370 e. The molecule has 5 nitrogen and oxygen atoms in total. The first-order valence-corrected chi connectivity index (χ1v) is 10.5. The van der Waals surface area contributed by atoms with E-state index in [2.05, 4.69) is 15.4 Å². The monoisotopic (exact) mass is 446 g/mol. The summed E-state index contributed by atoms with van der Waals surface area (Å²) in [5, 5.41) is 5.14. The third-order valence-electron chi connectivity index (χ3n) is 3.85. The van der Waals surface area contributed by atoms with Gasteiger partial charge in [-0.1, -0.05) is 42.5 Å². The molecule has 0 heterocycles. The molecule has 0 spiro atoms. The van der Waals surface area contributed by atoms with Crippen molar-refractivity contribution in [2.45, 2.75) is 24.7 Å². The molecule has 2 rings (SSSR count). The van der Waals surface area contributed by atoms with Gasteiger partial charge in [-0.3, -0.25) is 4.21 Å². The largest absolute Gasteiger partial charge is 0.370 e. The molecule has 0 aliphatic carbocycles. The van der Waals surface area contributed by atoms with Crippen molar-refractivity contribution in [2.75, 3.05) is 24.2 Å². The van der Waals surface area contributed by atoms with Gasteiger partial charge < -0.3 is 15.4 Å². The Morgan fingerprint density at radius 3 is 2.47 bits per heavy atom. The summed E-state index contributed by atoms with van der Waals surface area (Å²) >= 11 is 0. The van der Waals surface area contributed by atoms with E-state index in [1.54, 1.807) is 18.2 Å². The van der Waals surface area contributed by atoms with Gasteiger partial charge in [0.05, 0.1) is 6.61 Å². The van der Waals surface area contributed by atoms with Crippen molar-refractivity contribution in [3.05, 3.63) is 65.7 Å². The van der Waals surface area contributed by atoms with E-state index in [0.717, 1.165) is 5.56 Å². The highest BCUT2D eigenvalue weighted by Crippen LogP contribution is 2.23. The Morgan fingerprint density at radius 2 is 1.77 bits per heavy atom. The van der Waals surface area contributed by atoms with Crippen molar-refractivity contribution in [1.29, 1.82) is 0 Å². The molecule has 2 aromatic carbocycles. The number of hydrogen-bond donors (Lipinski definition) is 2. The molecule has 10 heteroatoms. The maximum atomic E-state index is 12.8. The number of carbonyl (C=O) groups excluding carboxylic acids is 1. The number of hydrogen-bond acceptors (Lipinski definition) is 3. The average Bonchev–Trinajstić information content (AvgIpc) is 2.68. The average molecular weight is 446 g/mol. The molecule has 0 radical (unpaired) electrons. The van der Waals surface area contributed by atoms with Gasteiger partial charge in [0.2, 0.25) is 0 Å². The topological polar surface area (TPSA) is 67.4 Å². The summed E-state index contributed by atoms with van der Waals surface area (Å²) in [5.74, 6) is -3.53. The van der Waals surface area contributed by atoms with Crippen LogP contribution in [0, 0.1) is 0 Å². The summed E-state index contributed by atoms with van der Waals surface area (Å²) in [6, 6.07) is 15.0. The van der Waals surface area contributed by atoms with E-state index in [0.29, 0.717) is 17.0 Å². The van der Waals surface area contributed by atoms with E-state index in [1.807, 2.05) is 30.3 Å². The van der Waals surface area contributed by atoms with Crippen molar-refractivity contribution < 1.29 is 31.3 Å². The second-order valence-electron chi connectivity index (χ2n) is 6.41. The van der Waals surface area contributed by atoms with Crippen LogP contribution in [0.15, 0.2) is 54.6 Å². The van der Waals surface area contributed by atoms with Crippen molar-refractivity contribution >= 4 is 22.5 Å². The van der Waals surface area contributed by atoms with Crippen LogP contribution in [0.25, 0.3) is 0 Å². The highest BCUT2D eigenvalue weighted by atomic mass is 32.2. The van der Waals surface area contributed by atoms with Gasteiger partial charge in [-0.25, -0.2) is 13.6 Å². The predicted molar refractivity (Wildman–Crippen MR) is 107 cm³/mol. The van der Waals surface area contributed by atoms with E-state index in [-0.39, 0.29) is 18.9 Å². The second-order valence-corrected chi connectivity index (χ2v) is 7.99. The number of alkyl halides is 4. The molecule has 0 aliphatic rings. The fourth-order valence-electron chi connectivity index (χ4n) is 2.39. The van der Waals surface area contributed by atoms with Crippen LogP contribution in [-0.4, -0.2) is 41.5 Å². The van der Waals surface area contributed by atoms with E-state index in [9.17, 15) is 26.6 Å². The summed E-state index contributed by atoms with van der Waals surface area (Å²) in [6.45, 7) is -1.50. The zero-order chi connectivity index (χ0) is 22.0. The fraction of sp³-hybridized carbons (Fsp3) is 0.350. The quantitative estimate of drug-likeness (QED) is 0.509. The Hall–Kier alpha value is -2.46. The standard InChI is InChI=1S/C20H22F4N2O3S/c21-18(22)20(23,24)14-29-12-16-7-4-8-17(11-16)26-19(27)25-9-10-30(28)13-15-5-2-1-3-6-15/h1-8,11,18H,9-10,12-14H2,(H2,25,26,27). The van der Waals surface area contributed by atoms with Crippen molar-refractivity contribution in [1.82, 2.24) is 5.32 Å². The van der Waals surface area contributed by atoms with Gasteiger partial charge in [0.1, 0.15) is 6.61 Å². The number of nitrogens with one attached hydrogen (secondary N) is 2. The maximum Gasteiger partial charge on any atom is 0.330 e. The Balaban J connectivity index is 1.72. The zero-order valence-corrected chi connectivity index (χ0v) is 16.8. The number of ether oxygens (including phenoxy) is 1. The van der Waals surface area contributed by atoms with E-state index in [1.165, 1.54) is 6.07 Å². The third kappa shape index (κ3) is 8.50. The van der Waals surface area contributed by atoms with Crippen LogP contribution in [0.3, 0.4) is 0 Å². The van der Waals surface area contributed by atoms with Gasteiger partial charge in [-0.05, 0) is 23.3 Å². The molecule has 1 unspecified atom stereocenters. The van der Waals surface area contributed by atoms with Gasteiger partial charge in [0.15, 0.2) is 0 Å². The minimum absolute atomic E-state index is 0.205. The SMILES string of the molecule is O=C(NCCS(=O)Cc1ccccc1)Nc1cccc(COCC(F)(F)C(F)F)c1. The Morgan fingerprint density at radius 1 is 1.07 bits per heavy atom. The van der Waals surface area contributed by atoms with Gasteiger partial charge in [0.25, 0.3) is 0 Å². The molecule has 30 heavy (non-hydrogen) atoms. The van der Waals surface area contributed by atoms with Crippen LogP contribution in [-0.2, 0) is 27.9 Å². The molecule has 0 aromatic heterocycles. The van der Waals surface area contributed by atoms with Crippen molar-refractivity contribution in [2.24, 2.45) is 0 Å². The first-order valence-electron chi connectivity index (χ1n) is 9.02. The number of rotatable bonds is 11. The van der Waals surface area contributed by atoms with Crippen molar-refractivity contribution in [3.8, 4) is 0 Å². The summed E-state index contributed by atoms with van der Waals surface area (Å²) in [4.78, 5) is 11.9. The van der Waals surface area contributed by atoms with Crippen LogP contribution in [0.1, 0.15) is 11.1 Å². The summed E-state index contributed by atoms with van der Waals surface area (Å²) in [5.41, 5.74) is 1.76. The van der Waals surface area contributed by atoms with Crippen LogP contribution < -0.4 is 10.6 Å². The van der Waals surface area contributed by atoms with E-state index >= 15 is 0 Å². The zero-order valence-electron chi connectivity index (χ0n) is 16.0. The number of amides is 2. The second kappa shape index (κ2) is 11.7. The number of carbonyl (C=O) groups is 1. The Labute approximate surface area is 174 Å². The summed E-state index contributed by atoms with van der Waals surface area (Å²) in [6.07, 6.45) is -3.80. The smallest absolute Gasteiger partial charge is 0.330 e. The number of halogens is 4. The molecule has 0 saturated carbocycles. The third-order valence-corrected chi connectivity index (χ3v) is 5.17. The lowest BCUT2D eigenvalue weighted by molar-refractivity contribution is -0.168. The van der Waals surface area contributed by atoms with Crippen LogP contribution in [0.5, 0.6) is 0 Å². The van der Waals surface area contributed by atoms with E-state index in [4.69, 9.17) is 0 Å². The Bertz CT molecular complexity index is 838. The number of anilines is 1. The lowest BCUT2D eigenvalue weighted by Crippen LogP contribution is -2.32. The minimum atomic E-state index is -4.21. The van der Waals surface area contributed by atoms with Gasteiger partial charge in [-0.15, -0.1) is 0 Å². The molecule has 164 valence electrons. The van der Waals surface area contributed by atoms with Crippen LogP contribution in [0.2, 0.25) is 0 Å². The highest BCUT2D eigenvalue weighted by Gasteiger charge is 2.40. The first kappa shape index (κ1) is 23.8. The molecule has 2 N–H and O–H groups in total. The first-order chi connectivity index (χ1) is 14.3. The van der Waals surface area contributed by atoms with Gasteiger partial charge in [0, 0.05) is 34.5 Å². The number of urea groups is 1. The molecular weight excluding hydrogens is 424 g/mol. The normalized spacial score (nSPS) is 12.6. The van der Waals surface area contributed by atoms with Gasteiger partial charge >= 0.3 is 18.4 Å². The van der Waals surface area contributed by atoms with Crippen LogP contribution >= 0.6 is 0 Å². The molecule has 1 atom stereocenters.